The first-order valence-electron chi connectivity index (χ1n) is 6.65. The van der Waals surface area contributed by atoms with Crippen LogP contribution in [0.5, 0.6) is 0 Å². The molecule has 0 aliphatic rings. The molecule has 0 aliphatic carbocycles. The number of hydrogen-bond donors (Lipinski definition) is 0. The molecule has 106 valence electrons. The SMILES string of the molecule is C=CC/C=C(\C=C)N(c1ccccc1)c1cncc(Br)c1. The van der Waals surface area contributed by atoms with Crippen molar-refractivity contribution in [1.82, 2.24) is 4.98 Å². The van der Waals surface area contributed by atoms with Gasteiger partial charge in [-0.2, -0.15) is 0 Å². The Hall–Kier alpha value is -2.13. The zero-order valence-electron chi connectivity index (χ0n) is 11.7. The Kier molecular flexibility index (Phi) is 5.52. The van der Waals surface area contributed by atoms with E-state index < -0.39 is 0 Å². The number of aromatic nitrogens is 1. The summed E-state index contributed by atoms with van der Waals surface area (Å²) in [6, 6.07) is 12.2. The molecule has 0 aliphatic heterocycles. The molecule has 1 heterocycles. The predicted molar refractivity (Wildman–Crippen MR) is 93.6 cm³/mol. The molecule has 0 atom stereocenters. The molecule has 1 aromatic heterocycles. The Morgan fingerprint density at radius 3 is 2.52 bits per heavy atom. The van der Waals surface area contributed by atoms with Crippen LogP contribution in [0.1, 0.15) is 6.42 Å². The van der Waals surface area contributed by atoms with E-state index in [4.69, 9.17) is 0 Å². The maximum Gasteiger partial charge on any atom is 0.0656 e. The van der Waals surface area contributed by atoms with Gasteiger partial charge in [0.15, 0.2) is 0 Å². The number of para-hydroxylation sites is 1. The summed E-state index contributed by atoms with van der Waals surface area (Å²) < 4.78 is 0.938. The second-order valence-electron chi connectivity index (χ2n) is 4.39. The van der Waals surface area contributed by atoms with Crippen LogP contribution in [-0.2, 0) is 0 Å². The molecule has 0 radical (unpaired) electrons. The Morgan fingerprint density at radius 1 is 1.14 bits per heavy atom. The van der Waals surface area contributed by atoms with Crippen molar-refractivity contribution in [1.29, 1.82) is 0 Å². The number of hydrogen-bond acceptors (Lipinski definition) is 2. The summed E-state index contributed by atoms with van der Waals surface area (Å²) in [6.45, 7) is 7.70. The molecule has 0 spiro atoms. The summed E-state index contributed by atoms with van der Waals surface area (Å²) in [5.41, 5.74) is 3.04. The molecule has 0 fully saturated rings. The van der Waals surface area contributed by atoms with E-state index in [9.17, 15) is 0 Å². The third kappa shape index (κ3) is 3.92. The summed E-state index contributed by atoms with van der Waals surface area (Å²) in [4.78, 5) is 6.38. The number of pyridine rings is 1. The lowest BCUT2D eigenvalue weighted by Crippen LogP contribution is -2.15. The van der Waals surface area contributed by atoms with Crippen molar-refractivity contribution in [3.05, 3.63) is 90.3 Å². The molecule has 0 N–H and O–H groups in total. The zero-order chi connectivity index (χ0) is 15.1. The highest BCUT2D eigenvalue weighted by atomic mass is 79.9. The first kappa shape index (κ1) is 15.3. The molecule has 3 heteroatoms. The first-order chi connectivity index (χ1) is 10.3. The van der Waals surface area contributed by atoms with Crippen LogP contribution in [0.2, 0.25) is 0 Å². The highest BCUT2D eigenvalue weighted by molar-refractivity contribution is 9.10. The molecule has 0 unspecified atom stereocenters. The fraction of sp³-hybridized carbons (Fsp3) is 0.0556. The zero-order valence-corrected chi connectivity index (χ0v) is 13.3. The van der Waals surface area contributed by atoms with Crippen molar-refractivity contribution in [2.45, 2.75) is 6.42 Å². The second-order valence-corrected chi connectivity index (χ2v) is 5.31. The minimum absolute atomic E-state index is 0.784. The van der Waals surface area contributed by atoms with E-state index >= 15 is 0 Å². The van der Waals surface area contributed by atoms with Crippen LogP contribution >= 0.6 is 15.9 Å². The lowest BCUT2D eigenvalue weighted by molar-refractivity contribution is 1.15. The maximum absolute atomic E-state index is 4.26. The quantitative estimate of drug-likeness (QED) is 0.500. The maximum atomic E-state index is 4.26. The molecule has 0 saturated heterocycles. The third-order valence-corrected chi connectivity index (χ3v) is 3.36. The number of benzene rings is 1. The molecule has 0 bridgehead atoms. The van der Waals surface area contributed by atoms with Crippen molar-refractivity contribution >= 4 is 27.3 Å². The number of anilines is 2. The van der Waals surface area contributed by atoms with Gasteiger partial charge in [0.1, 0.15) is 0 Å². The fourth-order valence-corrected chi connectivity index (χ4v) is 2.37. The number of rotatable bonds is 6. The van der Waals surface area contributed by atoms with Crippen LogP contribution in [0.25, 0.3) is 0 Å². The Morgan fingerprint density at radius 2 is 1.90 bits per heavy atom. The van der Waals surface area contributed by atoms with Gasteiger partial charge in [-0.05, 0) is 46.6 Å². The lowest BCUT2D eigenvalue weighted by atomic mass is 10.2. The molecule has 2 rings (SSSR count). The molecule has 1 aromatic carbocycles. The van der Waals surface area contributed by atoms with Crippen LogP contribution in [-0.4, -0.2) is 4.98 Å². The summed E-state index contributed by atoms with van der Waals surface area (Å²) in [5.74, 6) is 0. The van der Waals surface area contributed by atoms with Crippen LogP contribution < -0.4 is 4.90 Å². The van der Waals surface area contributed by atoms with Crippen molar-refractivity contribution in [3.8, 4) is 0 Å². The molecule has 21 heavy (non-hydrogen) atoms. The topological polar surface area (TPSA) is 16.1 Å². The highest BCUT2D eigenvalue weighted by Crippen LogP contribution is 2.31. The summed E-state index contributed by atoms with van der Waals surface area (Å²) >= 11 is 3.48. The van der Waals surface area contributed by atoms with E-state index in [2.05, 4.69) is 57.2 Å². The van der Waals surface area contributed by atoms with Gasteiger partial charge in [0.25, 0.3) is 0 Å². The van der Waals surface area contributed by atoms with E-state index in [-0.39, 0.29) is 0 Å². The van der Waals surface area contributed by atoms with Gasteiger partial charge in [-0.1, -0.05) is 36.9 Å². The van der Waals surface area contributed by atoms with E-state index in [1.807, 2.05) is 42.6 Å². The number of nitrogens with zero attached hydrogens (tertiary/aromatic N) is 2. The van der Waals surface area contributed by atoms with Crippen LogP contribution in [0.4, 0.5) is 11.4 Å². The average molecular weight is 341 g/mol. The van der Waals surface area contributed by atoms with Gasteiger partial charge in [-0.25, -0.2) is 0 Å². The molecule has 0 saturated carbocycles. The summed E-state index contributed by atoms with van der Waals surface area (Å²) in [6.07, 6.45) is 10.2. The predicted octanol–water partition coefficient (Wildman–Crippen LogP) is 5.63. The van der Waals surface area contributed by atoms with Crippen molar-refractivity contribution in [2.24, 2.45) is 0 Å². The molecular weight excluding hydrogens is 324 g/mol. The fourth-order valence-electron chi connectivity index (χ4n) is 2.02. The smallest absolute Gasteiger partial charge is 0.0656 e. The normalized spacial score (nSPS) is 11.0. The van der Waals surface area contributed by atoms with Crippen molar-refractivity contribution in [2.75, 3.05) is 4.90 Å². The van der Waals surface area contributed by atoms with Gasteiger partial charge >= 0.3 is 0 Å². The van der Waals surface area contributed by atoms with Crippen LogP contribution in [0, 0.1) is 0 Å². The van der Waals surface area contributed by atoms with Gasteiger partial charge in [-0.3, -0.25) is 4.98 Å². The minimum atomic E-state index is 0.784. The average Bonchev–Trinajstić information content (AvgIpc) is 2.52. The van der Waals surface area contributed by atoms with E-state index in [1.165, 1.54) is 0 Å². The van der Waals surface area contributed by atoms with E-state index in [0.717, 1.165) is 28.0 Å². The minimum Gasteiger partial charge on any atom is -0.309 e. The van der Waals surface area contributed by atoms with Crippen LogP contribution in [0.15, 0.2) is 90.3 Å². The van der Waals surface area contributed by atoms with Crippen LogP contribution in [0.3, 0.4) is 0 Å². The molecular formula is C18H17BrN2. The van der Waals surface area contributed by atoms with Crippen molar-refractivity contribution in [3.63, 3.8) is 0 Å². The van der Waals surface area contributed by atoms with Gasteiger partial charge in [0.2, 0.25) is 0 Å². The van der Waals surface area contributed by atoms with Gasteiger partial charge in [0.05, 0.1) is 11.9 Å². The third-order valence-electron chi connectivity index (χ3n) is 2.92. The molecule has 2 nitrogen and oxygen atoms in total. The van der Waals surface area contributed by atoms with Crippen molar-refractivity contribution < 1.29 is 0 Å². The summed E-state index contributed by atoms with van der Waals surface area (Å²) in [5, 5.41) is 0. The Labute approximate surface area is 134 Å². The van der Waals surface area contributed by atoms with E-state index in [1.54, 1.807) is 6.20 Å². The first-order valence-corrected chi connectivity index (χ1v) is 7.44. The standard InChI is InChI=1S/C18H17BrN2/c1-3-5-9-16(4-2)21(17-10-7-6-8-11-17)18-12-15(19)13-20-14-18/h3-4,6-14H,1-2,5H2/b16-9+. The largest absolute Gasteiger partial charge is 0.309 e. The lowest BCUT2D eigenvalue weighted by Gasteiger charge is -2.26. The summed E-state index contributed by atoms with van der Waals surface area (Å²) in [7, 11) is 0. The monoisotopic (exact) mass is 340 g/mol. The van der Waals surface area contributed by atoms with Gasteiger partial charge in [0, 0.05) is 22.1 Å². The number of halogens is 1. The Bertz CT molecular complexity index is 647. The van der Waals surface area contributed by atoms with E-state index in [0.29, 0.717) is 0 Å². The number of allylic oxidation sites excluding steroid dienone is 3. The Balaban J connectivity index is 2.54. The molecule has 2 aromatic rings. The highest BCUT2D eigenvalue weighted by Gasteiger charge is 2.12. The molecule has 0 amide bonds. The van der Waals surface area contributed by atoms with Gasteiger partial charge in [-0.15, -0.1) is 6.58 Å². The second kappa shape index (κ2) is 7.60. The van der Waals surface area contributed by atoms with Gasteiger partial charge < -0.3 is 4.90 Å².